The number of carboxylic acid groups (broad SMARTS) is 1. The zero-order chi connectivity index (χ0) is 17.2. The number of rotatable bonds is 5. The quantitative estimate of drug-likeness (QED) is 0.852. The van der Waals surface area contributed by atoms with Gasteiger partial charge < -0.3 is 10.4 Å². The smallest absolute Gasteiger partial charge is 0.306 e. The third kappa shape index (κ3) is 3.72. The molecule has 1 fully saturated rings. The van der Waals surface area contributed by atoms with Crippen LogP contribution in [0.3, 0.4) is 0 Å². The highest BCUT2D eigenvalue weighted by Gasteiger charge is 2.32. The number of carboxylic acids is 1. The van der Waals surface area contributed by atoms with Crippen molar-refractivity contribution in [2.75, 3.05) is 0 Å². The molecule has 1 amide bonds. The lowest BCUT2D eigenvalue weighted by molar-refractivity contribution is -0.141. The fourth-order valence-electron chi connectivity index (χ4n) is 2.76. The molecule has 6 nitrogen and oxygen atoms in total. The monoisotopic (exact) mass is 339 g/mol. The molecule has 126 valence electrons. The van der Waals surface area contributed by atoms with Crippen LogP contribution in [0, 0.1) is 5.92 Å². The van der Waals surface area contributed by atoms with Crippen LogP contribution in [0.25, 0.3) is 0 Å². The minimum Gasteiger partial charge on any atom is -0.481 e. The summed E-state index contributed by atoms with van der Waals surface area (Å²) in [6.45, 7) is 3.14. The van der Waals surface area contributed by atoms with Crippen molar-refractivity contribution < 1.29 is 23.1 Å². The van der Waals surface area contributed by atoms with Gasteiger partial charge in [-0.05, 0) is 45.2 Å². The number of carbonyl (C=O) groups is 2. The average molecular weight is 339 g/mol. The van der Waals surface area contributed by atoms with E-state index in [2.05, 4.69) is 5.32 Å². The predicted molar refractivity (Wildman–Crippen MR) is 85.0 cm³/mol. The van der Waals surface area contributed by atoms with Crippen molar-refractivity contribution in [1.29, 1.82) is 0 Å². The van der Waals surface area contributed by atoms with Crippen LogP contribution >= 0.6 is 0 Å². The summed E-state index contributed by atoms with van der Waals surface area (Å²) >= 11 is 0. The number of hydrogen-bond acceptors (Lipinski definition) is 4. The van der Waals surface area contributed by atoms with Gasteiger partial charge in [-0.2, -0.15) is 0 Å². The fourth-order valence-corrected chi connectivity index (χ4v) is 4.00. The first-order valence-corrected chi connectivity index (χ1v) is 9.14. The first kappa shape index (κ1) is 17.5. The van der Waals surface area contributed by atoms with Crippen molar-refractivity contribution >= 4 is 21.7 Å². The average Bonchev–Trinajstić information content (AvgIpc) is 2.95. The van der Waals surface area contributed by atoms with Gasteiger partial charge in [-0.1, -0.05) is 12.1 Å². The van der Waals surface area contributed by atoms with Crippen LogP contribution in [0.4, 0.5) is 0 Å². The lowest BCUT2D eigenvalue weighted by Crippen LogP contribution is -2.34. The third-order valence-electron chi connectivity index (χ3n) is 4.18. The van der Waals surface area contributed by atoms with Gasteiger partial charge in [0.15, 0.2) is 9.84 Å². The fraction of sp³-hybridized carbons (Fsp3) is 0.500. The molecule has 1 aliphatic carbocycles. The SMILES string of the molecule is CC(C)S(=O)(=O)c1ccccc1C(=O)N[C@H]1CC[C@@H](C(=O)O)C1. The van der Waals surface area contributed by atoms with Crippen molar-refractivity contribution in [2.45, 2.75) is 49.3 Å². The van der Waals surface area contributed by atoms with Gasteiger partial charge in [-0.3, -0.25) is 9.59 Å². The molecule has 1 saturated carbocycles. The van der Waals surface area contributed by atoms with E-state index in [1.165, 1.54) is 12.1 Å². The highest BCUT2D eigenvalue weighted by molar-refractivity contribution is 7.92. The lowest BCUT2D eigenvalue weighted by atomic mass is 10.1. The van der Waals surface area contributed by atoms with Crippen molar-refractivity contribution in [2.24, 2.45) is 5.92 Å². The second-order valence-electron chi connectivity index (χ2n) is 6.11. The summed E-state index contributed by atoms with van der Waals surface area (Å²) in [7, 11) is -3.57. The number of nitrogens with one attached hydrogen (secondary N) is 1. The Morgan fingerprint density at radius 2 is 1.87 bits per heavy atom. The van der Waals surface area contributed by atoms with Crippen molar-refractivity contribution in [3.63, 3.8) is 0 Å². The summed E-state index contributed by atoms with van der Waals surface area (Å²) in [6, 6.07) is 5.87. The Hall–Kier alpha value is -1.89. The molecule has 1 aromatic rings. The van der Waals surface area contributed by atoms with E-state index in [1.807, 2.05) is 0 Å². The Bertz CT molecular complexity index is 711. The molecule has 2 rings (SSSR count). The van der Waals surface area contributed by atoms with Gasteiger partial charge in [0.25, 0.3) is 5.91 Å². The maximum Gasteiger partial charge on any atom is 0.306 e. The Labute approximate surface area is 135 Å². The Balaban J connectivity index is 2.20. The minimum absolute atomic E-state index is 0.0141. The van der Waals surface area contributed by atoms with E-state index in [1.54, 1.807) is 26.0 Å². The van der Waals surface area contributed by atoms with Gasteiger partial charge in [0.2, 0.25) is 0 Å². The maximum atomic E-state index is 12.4. The molecule has 2 atom stereocenters. The molecule has 1 aromatic carbocycles. The number of amides is 1. The first-order chi connectivity index (χ1) is 10.7. The van der Waals surface area contributed by atoms with Gasteiger partial charge in [-0.25, -0.2) is 8.42 Å². The van der Waals surface area contributed by atoms with E-state index >= 15 is 0 Å². The summed E-state index contributed by atoms with van der Waals surface area (Å²) in [4.78, 5) is 23.4. The molecule has 0 aromatic heterocycles. The molecule has 1 aliphatic rings. The van der Waals surface area contributed by atoms with Gasteiger partial charge in [-0.15, -0.1) is 0 Å². The predicted octanol–water partition coefficient (Wildman–Crippen LogP) is 1.85. The molecule has 0 spiro atoms. The number of hydrogen-bond donors (Lipinski definition) is 2. The van der Waals surface area contributed by atoms with Gasteiger partial charge in [0.1, 0.15) is 0 Å². The van der Waals surface area contributed by atoms with Crippen LogP contribution < -0.4 is 5.32 Å². The second-order valence-corrected chi connectivity index (χ2v) is 8.58. The van der Waals surface area contributed by atoms with Gasteiger partial charge in [0, 0.05) is 6.04 Å². The van der Waals surface area contributed by atoms with Crippen LogP contribution in [-0.4, -0.2) is 36.7 Å². The summed E-state index contributed by atoms with van der Waals surface area (Å²) in [5.41, 5.74) is 0.111. The van der Waals surface area contributed by atoms with E-state index in [-0.39, 0.29) is 16.5 Å². The molecular formula is C16H21NO5S. The van der Waals surface area contributed by atoms with E-state index in [0.717, 1.165) is 0 Å². The molecule has 2 N–H and O–H groups in total. The largest absolute Gasteiger partial charge is 0.481 e. The highest BCUT2D eigenvalue weighted by atomic mass is 32.2. The zero-order valence-electron chi connectivity index (χ0n) is 13.2. The third-order valence-corrected chi connectivity index (χ3v) is 6.39. The maximum absolute atomic E-state index is 12.4. The normalized spacial score (nSPS) is 21.3. The topological polar surface area (TPSA) is 101 Å². The number of sulfone groups is 1. The minimum atomic E-state index is -3.57. The molecular weight excluding hydrogens is 318 g/mol. The van der Waals surface area contributed by atoms with Crippen molar-refractivity contribution in [3.05, 3.63) is 29.8 Å². The molecule has 0 saturated heterocycles. The molecule has 0 bridgehead atoms. The van der Waals surface area contributed by atoms with E-state index < -0.39 is 32.9 Å². The molecule has 0 radical (unpaired) electrons. The van der Waals surface area contributed by atoms with Crippen LogP contribution in [0.1, 0.15) is 43.5 Å². The summed E-state index contributed by atoms with van der Waals surface area (Å²) in [6.07, 6.45) is 1.48. The Morgan fingerprint density at radius 1 is 1.22 bits per heavy atom. The summed E-state index contributed by atoms with van der Waals surface area (Å²) < 4.78 is 24.8. The first-order valence-electron chi connectivity index (χ1n) is 7.60. The lowest BCUT2D eigenvalue weighted by Gasteiger charge is -2.16. The zero-order valence-corrected chi connectivity index (χ0v) is 14.0. The van der Waals surface area contributed by atoms with Crippen molar-refractivity contribution in [3.8, 4) is 0 Å². The summed E-state index contributed by atoms with van der Waals surface area (Å²) in [5.74, 6) is -1.78. The van der Waals surface area contributed by atoms with Crippen molar-refractivity contribution in [1.82, 2.24) is 5.32 Å². The van der Waals surface area contributed by atoms with Crippen LogP contribution in [-0.2, 0) is 14.6 Å². The Morgan fingerprint density at radius 3 is 2.43 bits per heavy atom. The van der Waals surface area contributed by atoms with Crippen LogP contribution in [0.15, 0.2) is 29.2 Å². The van der Waals surface area contributed by atoms with Gasteiger partial charge >= 0.3 is 5.97 Å². The van der Waals surface area contributed by atoms with E-state index in [4.69, 9.17) is 5.11 Å². The van der Waals surface area contributed by atoms with Crippen LogP contribution in [0.5, 0.6) is 0 Å². The van der Waals surface area contributed by atoms with Crippen LogP contribution in [0.2, 0.25) is 0 Å². The Kier molecular flexibility index (Phi) is 5.09. The van der Waals surface area contributed by atoms with E-state index in [0.29, 0.717) is 19.3 Å². The van der Waals surface area contributed by atoms with Gasteiger partial charge in [0.05, 0.1) is 21.6 Å². The molecule has 0 unspecified atom stereocenters. The number of benzene rings is 1. The molecule has 0 aliphatic heterocycles. The highest BCUT2D eigenvalue weighted by Crippen LogP contribution is 2.27. The number of aliphatic carboxylic acids is 1. The summed E-state index contributed by atoms with van der Waals surface area (Å²) in [5, 5.41) is 11.1. The molecule has 0 heterocycles. The second kappa shape index (κ2) is 6.70. The van der Waals surface area contributed by atoms with E-state index in [9.17, 15) is 18.0 Å². The standard InChI is InChI=1S/C16H21NO5S/c1-10(2)23(21,22)14-6-4-3-5-13(14)15(18)17-12-8-7-11(9-12)16(19)20/h3-6,10-12H,7-9H2,1-2H3,(H,17,18)(H,19,20)/t11-,12+/m1/s1. The molecule has 7 heteroatoms. The molecule has 23 heavy (non-hydrogen) atoms. The number of carbonyl (C=O) groups excluding carboxylic acids is 1.